The fourth-order valence-electron chi connectivity index (χ4n) is 4.42. The molecule has 0 fully saturated rings. The van der Waals surface area contributed by atoms with Crippen molar-refractivity contribution in [3.05, 3.63) is 97.2 Å². The van der Waals surface area contributed by atoms with Crippen LogP contribution in [-0.4, -0.2) is 70.0 Å². The summed E-state index contributed by atoms with van der Waals surface area (Å²) < 4.78 is 33.7. The van der Waals surface area contributed by atoms with Crippen LogP contribution in [0.4, 0.5) is 0 Å². The Hall–Kier alpha value is -3.07. The molecular weight excluding hydrogens is 689 g/mol. The van der Waals surface area contributed by atoms with Gasteiger partial charge in [-0.15, -0.1) is 0 Å². The fourth-order valence-corrected chi connectivity index (χ4v) is 5.15. The average Bonchev–Trinajstić information content (AvgIpc) is 3.10. The van der Waals surface area contributed by atoms with Crippen LogP contribution >= 0.6 is 7.82 Å². The number of ether oxygens (including phenoxy) is 2. The monoisotopic (exact) mass is 759 g/mol. The number of allylic oxidation sites excluding steroid dienone is 16. The third kappa shape index (κ3) is 38.5. The number of esters is 2. The van der Waals surface area contributed by atoms with Gasteiger partial charge in [0.2, 0.25) is 0 Å². The Bertz CT molecular complexity index is 1220. The van der Waals surface area contributed by atoms with Crippen LogP contribution in [0.5, 0.6) is 0 Å². The van der Waals surface area contributed by atoms with Crippen molar-refractivity contribution in [1.29, 1.82) is 0 Å². The minimum absolute atomic E-state index is 0.0504. The summed E-state index contributed by atoms with van der Waals surface area (Å²) in [5.41, 5.74) is 0. The molecule has 0 aliphatic carbocycles. The van der Waals surface area contributed by atoms with Crippen molar-refractivity contribution in [2.24, 2.45) is 0 Å². The lowest BCUT2D eigenvalue weighted by Crippen LogP contribution is -2.37. The van der Waals surface area contributed by atoms with Gasteiger partial charge >= 0.3 is 11.9 Å². The Balaban J connectivity index is 4.57. The minimum atomic E-state index is -4.65. The fraction of sp³-hybridized carbons (Fsp3) is 0.581. The molecule has 9 nitrogen and oxygen atoms in total. The molecule has 53 heavy (non-hydrogen) atoms. The van der Waals surface area contributed by atoms with E-state index in [1.54, 1.807) is 0 Å². The first-order valence-corrected chi connectivity index (χ1v) is 21.0. The molecule has 2 unspecified atom stereocenters. The van der Waals surface area contributed by atoms with Crippen LogP contribution in [0.25, 0.3) is 0 Å². The molecule has 0 aromatic carbocycles. The lowest BCUT2D eigenvalue weighted by Gasteiger charge is -2.28. The van der Waals surface area contributed by atoms with Crippen molar-refractivity contribution in [3.8, 4) is 0 Å². The molecule has 0 N–H and O–H groups in total. The van der Waals surface area contributed by atoms with Crippen molar-refractivity contribution in [1.82, 2.24) is 0 Å². The number of hydrogen-bond donors (Lipinski definition) is 0. The number of unbranched alkanes of at least 4 members (excludes halogenated alkanes) is 6. The van der Waals surface area contributed by atoms with E-state index in [2.05, 4.69) is 74.6 Å². The van der Waals surface area contributed by atoms with Gasteiger partial charge in [-0.1, -0.05) is 124 Å². The van der Waals surface area contributed by atoms with Gasteiger partial charge in [-0.05, 0) is 70.6 Å². The highest BCUT2D eigenvalue weighted by Crippen LogP contribution is 2.38. The second kappa shape index (κ2) is 34.7. The summed E-state index contributed by atoms with van der Waals surface area (Å²) in [6, 6.07) is 0. The zero-order valence-corrected chi connectivity index (χ0v) is 34.3. The second-order valence-corrected chi connectivity index (χ2v) is 15.0. The first-order valence-electron chi connectivity index (χ1n) is 19.5. The maximum absolute atomic E-state index is 12.6. The molecule has 0 rings (SSSR count). The summed E-state index contributed by atoms with van der Waals surface area (Å²) in [7, 11) is 1.10. The Morgan fingerprint density at radius 3 is 1.70 bits per heavy atom. The Morgan fingerprint density at radius 1 is 0.604 bits per heavy atom. The van der Waals surface area contributed by atoms with Gasteiger partial charge in [0.1, 0.15) is 19.8 Å². The maximum atomic E-state index is 12.6. The van der Waals surface area contributed by atoms with Crippen molar-refractivity contribution in [2.45, 2.75) is 116 Å². The summed E-state index contributed by atoms with van der Waals surface area (Å²) in [6.07, 6.45) is 44.4. The molecule has 0 aliphatic rings. The number of quaternary nitrogens is 1. The van der Waals surface area contributed by atoms with Crippen molar-refractivity contribution in [2.75, 3.05) is 47.5 Å². The van der Waals surface area contributed by atoms with Gasteiger partial charge in [0.05, 0.1) is 27.7 Å². The van der Waals surface area contributed by atoms with Crippen LogP contribution in [0, 0.1) is 0 Å². The molecule has 0 radical (unpaired) electrons. The minimum Gasteiger partial charge on any atom is -0.756 e. The highest BCUT2D eigenvalue weighted by Gasteiger charge is 2.21. The van der Waals surface area contributed by atoms with Crippen LogP contribution < -0.4 is 4.89 Å². The highest BCUT2D eigenvalue weighted by molar-refractivity contribution is 7.45. The number of carbonyl (C=O) groups is 2. The van der Waals surface area contributed by atoms with E-state index in [1.165, 1.54) is 0 Å². The number of phosphoric ester groups is 1. The molecule has 2 atom stereocenters. The van der Waals surface area contributed by atoms with E-state index in [0.29, 0.717) is 23.9 Å². The number of nitrogens with zero attached hydrogens (tertiary/aromatic N) is 1. The zero-order valence-electron chi connectivity index (χ0n) is 33.4. The smallest absolute Gasteiger partial charge is 0.306 e. The molecular formula is C43H70NO8P. The van der Waals surface area contributed by atoms with Crippen LogP contribution in [0.15, 0.2) is 97.2 Å². The molecule has 0 heterocycles. The van der Waals surface area contributed by atoms with E-state index in [-0.39, 0.29) is 26.1 Å². The van der Waals surface area contributed by atoms with E-state index >= 15 is 0 Å². The van der Waals surface area contributed by atoms with Crippen molar-refractivity contribution < 1.29 is 42.1 Å². The van der Waals surface area contributed by atoms with Gasteiger partial charge in [0.25, 0.3) is 7.82 Å². The quantitative estimate of drug-likeness (QED) is 0.0162. The average molecular weight is 760 g/mol. The summed E-state index contributed by atoms with van der Waals surface area (Å²) in [5.74, 6) is -0.932. The van der Waals surface area contributed by atoms with Gasteiger partial charge < -0.3 is 27.9 Å². The van der Waals surface area contributed by atoms with Gasteiger partial charge in [-0.25, -0.2) is 0 Å². The molecule has 10 heteroatoms. The van der Waals surface area contributed by atoms with E-state index in [1.807, 2.05) is 57.6 Å². The van der Waals surface area contributed by atoms with Gasteiger partial charge in [0, 0.05) is 12.8 Å². The number of phosphoric acid groups is 1. The van der Waals surface area contributed by atoms with E-state index in [9.17, 15) is 19.0 Å². The number of likely N-dealkylation sites (N-methyl/N-ethyl adjacent to an activating group) is 1. The largest absolute Gasteiger partial charge is 0.756 e. The molecule has 0 aromatic rings. The highest BCUT2D eigenvalue weighted by atomic mass is 31.2. The van der Waals surface area contributed by atoms with Gasteiger partial charge in [-0.3, -0.25) is 14.2 Å². The summed E-state index contributed by atoms with van der Waals surface area (Å²) >= 11 is 0. The SMILES string of the molecule is CC/C=C/C=C/C=C/C=C/CCCCCC(=O)OC(COC(=O)CCCCC/C=C/C/C=C/C/C=C/C/C=C/CC)COP(=O)([O-])OCC[N+](C)(C)C. The van der Waals surface area contributed by atoms with Crippen LogP contribution in [0.1, 0.15) is 110 Å². The summed E-state index contributed by atoms with van der Waals surface area (Å²) in [6.45, 7) is 3.83. The number of hydrogen-bond acceptors (Lipinski definition) is 8. The van der Waals surface area contributed by atoms with Gasteiger partial charge in [-0.2, -0.15) is 0 Å². The molecule has 0 saturated carbocycles. The van der Waals surface area contributed by atoms with Crippen LogP contribution in [0.2, 0.25) is 0 Å². The predicted octanol–water partition coefficient (Wildman–Crippen LogP) is 9.99. The van der Waals surface area contributed by atoms with Crippen LogP contribution in [-0.2, 0) is 32.7 Å². The summed E-state index contributed by atoms with van der Waals surface area (Å²) in [5, 5.41) is 0. The third-order valence-corrected chi connectivity index (χ3v) is 8.41. The van der Waals surface area contributed by atoms with E-state index < -0.39 is 32.5 Å². The van der Waals surface area contributed by atoms with Crippen LogP contribution in [0.3, 0.4) is 0 Å². The lowest BCUT2D eigenvalue weighted by molar-refractivity contribution is -0.870. The standard InChI is InChI=1S/C43H70NO8P/c1-6-8-10-12-14-16-18-20-21-22-24-25-27-29-31-33-35-42(45)49-39-41(40-51-53(47,48)50-38-37-44(3,4)5)52-43(46)36-34-32-30-28-26-23-19-17-15-13-11-9-7-2/h8-11,13-17,19-21,23-26,41H,6-7,12,18,22,27-40H2,1-5H3/b10-8+,11-9+,15-13+,16-14+,19-17+,21-20+,25-24+,26-23+. The summed E-state index contributed by atoms with van der Waals surface area (Å²) in [4.78, 5) is 37.4. The van der Waals surface area contributed by atoms with Crippen molar-refractivity contribution >= 4 is 19.8 Å². The maximum Gasteiger partial charge on any atom is 0.306 e. The first kappa shape index (κ1) is 49.9. The van der Waals surface area contributed by atoms with Crippen molar-refractivity contribution in [3.63, 3.8) is 0 Å². The Morgan fingerprint density at radius 2 is 1.11 bits per heavy atom. The number of rotatable bonds is 33. The van der Waals surface area contributed by atoms with E-state index in [0.717, 1.165) is 70.6 Å². The zero-order chi connectivity index (χ0) is 39.3. The molecule has 0 aliphatic heterocycles. The Kier molecular flexibility index (Phi) is 32.7. The second-order valence-electron chi connectivity index (χ2n) is 13.6. The predicted molar refractivity (Wildman–Crippen MR) is 217 cm³/mol. The number of carbonyl (C=O) groups excluding carboxylic acids is 2. The Labute approximate surface area is 322 Å². The third-order valence-electron chi connectivity index (χ3n) is 7.44. The molecule has 300 valence electrons. The van der Waals surface area contributed by atoms with E-state index in [4.69, 9.17) is 18.5 Å². The molecule has 0 bridgehead atoms. The molecule has 0 aromatic heterocycles. The lowest BCUT2D eigenvalue weighted by atomic mass is 10.1. The normalized spacial score (nSPS) is 14.8. The molecule has 0 saturated heterocycles. The molecule has 0 amide bonds. The molecule has 0 spiro atoms. The first-order chi connectivity index (χ1) is 25.5. The topological polar surface area (TPSA) is 111 Å². The van der Waals surface area contributed by atoms with Gasteiger partial charge in [0.15, 0.2) is 6.10 Å².